The van der Waals surface area contributed by atoms with Gasteiger partial charge in [0.15, 0.2) is 0 Å². The van der Waals surface area contributed by atoms with Crippen LogP contribution in [-0.2, 0) is 33.9 Å². The van der Waals surface area contributed by atoms with E-state index in [2.05, 4.69) is 15.1 Å². The van der Waals surface area contributed by atoms with Crippen LogP contribution in [0.1, 0.15) is 49.6 Å². The van der Waals surface area contributed by atoms with Crippen LogP contribution in [0.3, 0.4) is 0 Å². The highest BCUT2D eigenvalue weighted by molar-refractivity contribution is 5.89. The zero-order valence-corrected chi connectivity index (χ0v) is 20.9. The maximum Gasteiger partial charge on any atom is 0.416 e. The van der Waals surface area contributed by atoms with Gasteiger partial charge in [-0.15, -0.1) is 0 Å². The van der Waals surface area contributed by atoms with Crippen molar-refractivity contribution in [2.24, 2.45) is 0 Å². The molecule has 1 aliphatic heterocycles. The summed E-state index contributed by atoms with van der Waals surface area (Å²) in [6.45, 7) is 5.96. The van der Waals surface area contributed by atoms with Crippen LogP contribution in [0.2, 0.25) is 0 Å². The minimum absolute atomic E-state index is 0.0194. The van der Waals surface area contributed by atoms with Gasteiger partial charge in [0.1, 0.15) is 5.60 Å². The summed E-state index contributed by atoms with van der Waals surface area (Å²) in [7, 11) is 0. The number of H-pyrrole nitrogens is 1. The fourth-order valence-electron chi connectivity index (χ4n) is 4.51. The Morgan fingerprint density at radius 3 is 2.26 bits per heavy atom. The van der Waals surface area contributed by atoms with Crippen LogP contribution < -0.4 is 0 Å². The van der Waals surface area contributed by atoms with Crippen molar-refractivity contribution < 1.29 is 45.5 Å². The quantitative estimate of drug-likeness (QED) is 0.258. The molecule has 7 nitrogen and oxygen atoms in total. The number of ether oxygens (including phenoxy) is 1. The van der Waals surface area contributed by atoms with Gasteiger partial charge in [0, 0.05) is 22.0 Å². The van der Waals surface area contributed by atoms with Crippen molar-refractivity contribution in [2.45, 2.75) is 51.6 Å². The van der Waals surface area contributed by atoms with Gasteiger partial charge in [-0.1, -0.05) is 19.0 Å². The Kier molecular flexibility index (Phi) is 7.23. The molecule has 0 spiro atoms. The maximum atomic E-state index is 13.2. The number of aromatic nitrogens is 3. The number of carboxylic acid groups (broad SMARTS) is 1. The Labute approximate surface area is 217 Å². The minimum atomic E-state index is -5.02. The van der Waals surface area contributed by atoms with Gasteiger partial charge in [-0.3, -0.25) is 4.79 Å². The number of aliphatic carboxylic acids is 1. The number of nitrogens with zero attached hydrogens (tertiary/aromatic N) is 2. The van der Waals surface area contributed by atoms with Gasteiger partial charge in [0.2, 0.25) is 5.82 Å². The first-order valence-electron chi connectivity index (χ1n) is 11.9. The van der Waals surface area contributed by atoms with Crippen LogP contribution in [0.25, 0.3) is 33.7 Å². The average molecular weight is 555 g/mol. The Bertz CT molecular complexity index is 1490. The molecule has 0 radical (unpaired) electrons. The molecule has 1 atom stereocenters. The fraction of sp³-hybridized carbons (Fsp3) is 0.346. The highest BCUT2D eigenvalue weighted by Crippen LogP contribution is 2.41. The Morgan fingerprint density at radius 1 is 1.03 bits per heavy atom. The summed E-state index contributed by atoms with van der Waals surface area (Å²) >= 11 is 0. The number of nitrogens with one attached hydrogen (secondary N) is 1. The van der Waals surface area contributed by atoms with Crippen LogP contribution >= 0.6 is 0 Å². The molecule has 13 heteroatoms. The summed E-state index contributed by atoms with van der Waals surface area (Å²) in [5, 5.41) is 13.8. The SMILES string of the molecule is CC.CC1(CC(=O)O)OCCc2c1[nH]c1ccc(-c3noc(-c4cc(C(F)(F)F)cc(C(F)(F)F)c4)n3)cc21. The second-order valence-corrected chi connectivity index (χ2v) is 8.86. The normalized spacial score (nSPS) is 17.5. The number of carboxylic acids is 1. The van der Waals surface area contributed by atoms with Gasteiger partial charge >= 0.3 is 18.3 Å². The molecule has 0 saturated heterocycles. The van der Waals surface area contributed by atoms with Crippen molar-refractivity contribution in [1.82, 2.24) is 15.1 Å². The summed E-state index contributed by atoms with van der Waals surface area (Å²) in [5.41, 5.74) is -2.05. The highest BCUT2D eigenvalue weighted by Gasteiger charge is 2.39. The van der Waals surface area contributed by atoms with E-state index in [4.69, 9.17) is 9.26 Å². The lowest BCUT2D eigenvalue weighted by atomic mass is 9.90. The zero-order valence-electron chi connectivity index (χ0n) is 20.9. The van der Waals surface area contributed by atoms with Crippen LogP contribution in [0.15, 0.2) is 40.9 Å². The molecule has 39 heavy (non-hydrogen) atoms. The van der Waals surface area contributed by atoms with Crippen molar-refractivity contribution in [3.05, 3.63) is 58.8 Å². The second kappa shape index (κ2) is 10.0. The molecular weight excluding hydrogens is 532 g/mol. The van der Waals surface area contributed by atoms with E-state index in [0.29, 0.717) is 35.3 Å². The molecular formula is C26H23F6N3O4. The van der Waals surface area contributed by atoms with Gasteiger partial charge in [-0.05, 0) is 55.3 Å². The van der Waals surface area contributed by atoms with Gasteiger partial charge in [0.25, 0.3) is 5.89 Å². The molecule has 0 fully saturated rings. The standard InChI is InChI=1S/C24H17F6N3O4.C2H6/c1-22(10-18(34)35)19-15(4-5-36-22)16-8-11(2-3-17(16)31-19)20-32-21(37-33-20)12-6-13(23(25,26)27)9-14(7-12)24(28,29)30;1-2/h2-3,6-9,31H,4-5,10H2,1H3,(H,34,35);1-2H3. The molecule has 0 bridgehead atoms. The number of rotatable bonds is 4. The number of alkyl halides is 6. The predicted octanol–water partition coefficient (Wildman–Crippen LogP) is 7.21. The molecule has 0 amide bonds. The number of aromatic amines is 1. The van der Waals surface area contributed by atoms with Gasteiger partial charge in [-0.2, -0.15) is 31.3 Å². The average Bonchev–Trinajstić information content (AvgIpc) is 3.49. The van der Waals surface area contributed by atoms with Crippen LogP contribution in [0.4, 0.5) is 26.3 Å². The molecule has 5 rings (SSSR count). The molecule has 0 saturated carbocycles. The first-order valence-corrected chi connectivity index (χ1v) is 11.9. The summed E-state index contributed by atoms with van der Waals surface area (Å²) in [5.74, 6) is -1.58. The summed E-state index contributed by atoms with van der Waals surface area (Å²) in [6, 6.07) is 6.03. The molecule has 0 aliphatic carbocycles. The second-order valence-electron chi connectivity index (χ2n) is 8.86. The van der Waals surface area contributed by atoms with E-state index in [1.807, 2.05) is 13.8 Å². The molecule has 3 heterocycles. The fourth-order valence-corrected chi connectivity index (χ4v) is 4.51. The topological polar surface area (TPSA) is 101 Å². The number of carbonyl (C=O) groups is 1. The molecule has 208 valence electrons. The monoisotopic (exact) mass is 555 g/mol. The molecule has 4 aromatic rings. The Hall–Kier alpha value is -3.87. The van der Waals surface area contributed by atoms with Crippen molar-refractivity contribution in [1.29, 1.82) is 0 Å². The van der Waals surface area contributed by atoms with Gasteiger partial charge in [0.05, 0.1) is 29.8 Å². The third kappa shape index (κ3) is 5.49. The lowest BCUT2D eigenvalue weighted by Crippen LogP contribution is -2.34. The van der Waals surface area contributed by atoms with Crippen molar-refractivity contribution in [3.8, 4) is 22.8 Å². The Morgan fingerprint density at radius 2 is 1.67 bits per heavy atom. The molecule has 2 aromatic heterocycles. The Balaban J connectivity index is 0.00000172. The summed E-state index contributed by atoms with van der Waals surface area (Å²) in [6.07, 6.45) is -9.80. The van der Waals surface area contributed by atoms with Gasteiger partial charge < -0.3 is 19.4 Å². The van der Waals surface area contributed by atoms with Crippen molar-refractivity contribution >= 4 is 16.9 Å². The molecule has 2 aromatic carbocycles. The van der Waals surface area contributed by atoms with Crippen molar-refractivity contribution in [3.63, 3.8) is 0 Å². The number of fused-ring (bicyclic) bond motifs is 3. The first kappa shape index (κ1) is 28.1. The third-order valence-corrected chi connectivity index (χ3v) is 6.22. The maximum absolute atomic E-state index is 13.2. The predicted molar refractivity (Wildman–Crippen MR) is 128 cm³/mol. The van der Waals surface area contributed by atoms with Gasteiger partial charge in [-0.25, -0.2) is 0 Å². The molecule has 2 N–H and O–H groups in total. The number of benzene rings is 2. The van der Waals surface area contributed by atoms with Crippen LogP contribution in [-0.4, -0.2) is 32.8 Å². The number of hydrogen-bond donors (Lipinski definition) is 2. The van der Waals surface area contributed by atoms with E-state index < -0.39 is 46.5 Å². The summed E-state index contributed by atoms with van der Waals surface area (Å²) in [4.78, 5) is 18.6. The number of hydrogen-bond acceptors (Lipinski definition) is 5. The van der Waals surface area contributed by atoms with E-state index in [1.54, 1.807) is 25.1 Å². The van der Waals surface area contributed by atoms with Crippen LogP contribution in [0, 0.1) is 0 Å². The van der Waals surface area contributed by atoms with Crippen LogP contribution in [0.5, 0.6) is 0 Å². The smallest absolute Gasteiger partial charge is 0.416 e. The van der Waals surface area contributed by atoms with E-state index in [0.717, 1.165) is 10.9 Å². The van der Waals surface area contributed by atoms with E-state index in [-0.39, 0.29) is 24.9 Å². The third-order valence-electron chi connectivity index (χ3n) is 6.22. The highest BCUT2D eigenvalue weighted by atomic mass is 19.4. The van der Waals surface area contributed by atoms with E-state index >= 15 is 0 Å². The van der Waals surface area contributed by atoms with E-state index in [9.17, 15) is 36.2 Å². The number of halogens is 6. The minimum Gasteiger partial charge on any atom is -0.481 e. The zero-order chi connectivity index (χ0) is 28.8. The summed E-state index contributed by atoms with van der Waals surface area (Å²) < 4.78 is 90.1. The molecule has 1 unspecified atom stereocenters. The lowest BCUT2D eigenvalue weighted by molar-refractivity contribution is -0.147. The molecule has 1 aliphatic rings. The largest absolute Gasteiger partial charge is 0.481 e. The lowest BCUT2D eigenvalue weighted by Gasteiger charge is -2.32. The first-order chi connectivity index (χ1) is 18.2. The van der Waals surface area contributed by atoms with E-state index in [1.165, 1.54) is 0 Å². The van der Waals surface area contributed by atoms with Crippen molar-refractivity contribution in [2.75, 3.05) is 6.61 Å².